The minimum atomic E-state index is -1.32. The fraction of sp³-hybridized carbons (Fsp3) is 0.150. The largest absolute Gasteiger partial charge is 0.366 e. The number of nitrogens with zero attached hydrogens (tertiary/aromatic N) is 1. The molecule has 0 bridgehead atoms. The fourth-order valence-corrected chi connectivity index (χ4v) is 4.00. The number of carbonyl (C=O) groups excluding carboxylic acids is 1. The number of fused-ring (bicyclic) bond motifs is 1. The Morgan fingerprint density at radius 1 is 0.958 bits per heavy atom. The Morgan fingerprint density at radius 3 is 2.46 bits per heavy atom. The molecule has 0 aliphatic carbocycles. The molecule has 1 atom stereocenters. The Kier molecular flexibility index (Phi) is 3.71. The van der Waals surface area contributed by atoms with Crippen LogP contribution in [0, 0.1) is 0 Å². The lowest BCUT2D eigenvalue weighted by Gasteiger charge is -2.34. The van der Waals surface area contributed by atoms with E-state index in [1.165, 1.54) is 0 Å². The van der Waals surface area contributed by atoms with Crippen molar-refractivity contribution in [2.45, 2.75) is 18.7 Å². The van der Waals surface area contributed by atoms with Gasteiger partial charge >= 0.3 is 0 Å². The maximum atomic E-state index is 12.9. The van der Waals surface area contributed by atoms with Crippen molar-refractivity contribution in [1.82, 2.24) is 4.90 Å². The molecule has 4 rings (SSSR count). The van der Waals surface area contributed by atoms with Crippen LogP contribution in [0.15, 0.2) is 72.1 Å². The number of thiophene rings is 1. The van der Waals surface area contributed by atoms with E-state index in [1.807, 2.05) is 66.0 Å². The zero-order chi connectivity index (χ0) is 16.6. The molecule has 3 aromatic rings. The summed E-state index contributed by atoms with van der Waals surface area (Å²) in [4.78, 5) is 15.6. The molecular weight excluding hydrogens is 318 g/mol. The van der Waals surface area contributed by atoms with Crippen molar-refractivity contribution >= 4 is 17.2 Å². The van der Waals surface area contributed by atoms with Crippen molar-refractivity contribution in [3.63, 3.8) is 0 Å². The second-order valence-corrected chi connectivity index (χ2v) is 7.03. The summed E-state index contributed by atoms with van der Waals surface area (Å²) in [5.41, 5.74) is 0.961. The summed E-state index contributed by atoms with van der Waals surface area (Å²) in [6.45, 7) is 0.411. The zero-order valence-corrected chi connectivity index (χ0v) is 13.9. The van der Waals surface area contributed by atoms with Gasteiger partial charge in [-0.1, -0.05) is 54.6 Å². The molecule has 0 radical (unpaired) electrons. The van der Waals surface area contributed by atoms with E-state index in [2.05, 4.69) is 0 Å². The Bertz CT molecular complexity index is 860. The predicted octanol–water partition coefficient (Wildman–Crippen LogP) is 3.79. The first-order valence-electron chi connectivity index (χ1n) is 7.89. The van der Waals surface area contributed by atoms with Gasteiger partial charge in [0.15, 0.2) is 5.72 Å². The van der Waals surface area contributed by atoms with Gasteiger partial charge in [0.1, 0.15) is 0 Å². The summed E-state index contributed by atoms with van der Waals surface area (Å²) in [5, 5.41) is 13.5. The Morgan fingerprint density at radius 2 is 1.71 bits per heavy atom. The molecule has 0 unspecified atom stereocenters. The molecule has 120 valence electrons. The highest BCUT2D eigenvalue weighted by molar-refractivity contribution is 7.09. The molecule has 1 aromatic heterocycles. The predicted molar refractivity (Wildman–Crippen MR) is 94.7 cm³/mol. The molecule has 0 saturated heterocycles. The lowest BCUT2D eigenvalue weighted by atomic mass is 9.94. The average Bonchev–Trinajstić information content (AvgIpc) is 3.19. The van der Waals surface area contributed by atoms with Gasteiger partial charge in [-0.2, -0.15) is 0 Å². The van der Waals surface area contributed by atoms with Crippen molar-refractivity contribution in [2.24, 2.45) is 0 Å². The summed E-state index contributed by atoms with van der Waals surface area (Å²) in [6, 6.07) is 21.1. The van der Waals surface area contributed by atoms with E-state index in [-0.39, 0.29) is 5.91 Å². The standard InChI is InChI=1S/C20H17NO2S/c22-19-17-10-4-5-11-18(17)20(23,13-15-7-2-1-3-8-15)21(19)14-16-9-6-12-24-16/h1-12,23H,13-14H2/t20-/m1/s1. The van der Waals surface area contributed by atoms with E-state index in [0.29, 0.717) is 24.1 Å². The maximum Gasteiger partial charge on any atom is 0.257 e. The molecule has 2 aromatic carbocycles. The molecule has 1 amide bonds. The smallest absolute Gasteiger partial charge is 0.257 e. The van der Waals surface area contributed by atoms with Crippen LogP contribution in [0.5, 0.6) is 0 Å². The minimum absolute atomic E-state index is 0.113. The van der Waals surface area contributed by atoms with Gasteiger partial charge in [-0.3, -0.25) is 4.79 Å². The molecule has 3 nitrogen and oxygen atoms in total. The molecule has 1 N–H and O–H groups in total. The van der Waals surface area contributed by atoms with Crippen LogP contribution >= 0.6 is 11.3 Å². The molecule has 1 aliphatic heterocycles. The van der Waals surface area contributed by atoms with E-state index < -0.39 is 5.72 Å². The highest BCUT2D eigenvalue weighted by atomic mass is 32.1. The van der Waals surface area contributed by atoms with Crippen LogP contribution in [0.1, 0.15) is 26.4 Å². The van der Waals surface area contributed by atoms with E-state index >= 15 is 0 Å². The molecule has 0 fully saturated rings. The lowest BCUT2D eigenvalue weighted by molar-refractivity contribution is -0.0874. The van der Waals surface area contributed by atoms with Crippen molar-refractivity contribution in [3.05, 3.63) is 93.7 Å². The van der Waals surface area contributed by atoms with Gasteiger partial charge in [0.25, 0.3) is 5.91 Å². The Labute approximate surface area is 144 Å². The monoisotopic (exact) mass is 335 g/mol. The van der Waals surface area contributed by atoms with Crippen molar-refractivity contribution < 1.29 is 9.90 Å². The van der Waals surface area contributed by atoms with E-state index in [4.69, 9.17) is 0 Å². The fourth-order valence-electron chi connectivity index (χ4n) is 3.31. The average molecular weight is 335 g/mol. The number of amides is 1. The van der Waals surface area contributed by atoms with Crippen LogP contribution in [0.25, 0.3) is 0 Å². The van der Waals surface area contributed by atoms with Crippen molar-refractivity contribution in [1.29, 1.82) is 0 Å². The van der Waals surface area contributed by atoms with Crippen molar-refractivity contribution in [3.8, 4) is 0 Å². The summed E-state index contributed by atoms with van der Waals surface area (Å²) in [7, 11) is 0. The molecule has 24 heavy (non-hydrogen) atoms. The van der Waals surface area contributed by atoms with Gasteiger partial charge in [0.2, 0.25) is 0 Å². The number of hydrogen-bond acceptors (Lipinski definition) is 3. The molecule has 1 aliphatic rings. The molecule has 0 saturated carbocycles. The van der Waals surface area contributed by atoms with E-state index in [1.54, 1.807) is 22.3 Å². The van der Waals surface area contributed by atoms with Crippen molar-refractivity contribution in [2.75, 3.05) is 0 Å². The second kappa shape index (κ2) is 5.89. The summed E-state index contributed by atoms with van der Waals surface area (Å²) in [6.07, 6.45) is 0.377. The number of aliphatic hydroxyl groups is 1. The second-order valence-electron chi connectivity index (χ2n) is 6.00. The van der Waals surface area contributed by atoms with Gasteiger partial charge in [0.05, 0.1) is 6.54 Å². The number of rotatable bonds is 4. The minimum Gasteiger partial charge on any atom is -0.366 e. The molecule has 2 heterocycles. The summed E-state index contributed by atoms with van der Waals surface area (Å²) >= 11 is 1.59. The third-order valence-corrected chi connectivity index (χ3v) is 5.33. The maximum absolute atomic E-state index is 12.9. The number of carbonyl (C=O) groups is 1. The van der Waals surface area contributed by atoms with E-state index in [9.17, 15) is 9.90 Å². The Balaban J connectivity index is 1.78. The first kappa shape index (κ1) is 15.1. The van der Waals surface area contributed by atoms with Gasteiger partial charge in [-0.25, -0.2) is 0 Å². The number of hydrogen-bond donors (Lipinski definition) is 1. The van der Waals surface area contributed by atoms with Gasteiger partial charge in [0, 0.05) is 22.4 Å². The zero-order valence-electron chi connectivity index (χ0n) is 13.1. The van der Waals surface area contributed by atoms with Crippen LogP contribution < -0.4 is 0 Å². The highest BCUT2D eigenvalue weighted by Crippen LogP contribution is 2.40. The molecule has 0 spiro atoms. The third kappa shape index (κ3) is 2.44. The quantitative estimate of drug-likeness (QED) is 0.788. The first-order valence-corrected chi connectivity index (χ1v) is 8.76. The van der Waals surface area contributed by atoms with Gasteiger partial charge in [-0.05, 0) is 23.1 Å². The normalized spacial score (nSPS) is 19.5. The van der Waals surface area contributed by atoms with E-state index in [0.717, 1.165) is 10.4 Å². The Hall–Kier alpha value is -2.43. The SMILES string of the molecule is O=C1c2ccccc2[C@](O)(Cc2ccccc2)N1Cc1cccs1. The van der Waals surface area contributed by atoms with Crippen LogP contribution in [0.3, 0.4) is 0 Å². The molecular formula is C20H17NO2S. The van der Waals surface area contributed by atoms with Crippen LogP contribution in [-0.4, -0.2) is 15.9 Å². The topological polar surface area (TPSA) is 40.5 Å². The van der Waals surface area contributed by atoms with Gasteiger partial charge in [-0.15, -0.1) is 11.3 Å². The first-order chi connectivity index (χ1) is 11.7. The van der Waals surface area contributed by atoms with Crippen LogP contribution in [-0.2, 0) is 18.7 Å². The van der Waals surface area contributed by atoms with Crippen LogP contribution in [0.4, 0.5) is 0 Å². The van der Waals surface area contributed by atoms with Gasteiger partial charge < -0.3 is 10.0 Å². The van der Waals surface area contributed by atoms with Crippen LogP contribution in [0.2, 0.25) is 0 Å². The lowest BCUT2D eigenvalue weighted by Crippen LogP contribution is -2.44. The highest BCUT2D eigenvalue weighted by Gasteiger charge is 2.48. The number of benzene rings is 2. The summed E-state index contributed by atoms with van der Waals surface area (Å²) < 4.78 is 0. The summed E-state index contributed by atoms with van der Waals surface area (Å²) in [5.74, 6) is -0.113. The molecule has 4 heteroatoms. The third-order valence-electron chi connectivity index (χ3n) is 4.47.